The summed E-state index contributed by atoms with van der Waals surface area (Å²) in [7, 11) is 0. The molecule has 4 nitrogen and oxygen atoms in total. The van der Waals surface area contributed by atoms with Crippen LogP contribution >= 0.6 is 0 Å². The van der Waals surface area contributed by atoms with Gasteiger partial charge in [0.25, 0.3) is 0 Å². The smallest absolute Gasteiger partial charge is 0.336 e. The number of benzene rings is 1. The van der Waals surface area contributed by atoms with Crippen LogP contribution in [0.1, 0.15) is 21.5 Å². The number of alkyl halides is 1. The molecule has 0 aliphatic heterocycles. The number of carbonyl (C=O) groups is 2. The number of halogens is 1. The molecule has 0 saturated carbocycles. The second-order valence-corrected chi connectivity index (χ2v) is 3.00. The molecule has 1 aromatic carbocycles. The van der Waals surface area contributed by atoms with Crippen molar-refractivity contribution in [1.29, 1.82) is 0 Å². The summed E-state index contributed by atoms with van der Waals surface area (Å²) < 4.78 is 12.4. The fourth-order valence-electron chi connectivity index (χ4n) is 1.22. The molecular formula is C10H9FO4. The van der Waals surface area contributed by atoms with Gasteiger partial charge in [-0.1, -0.05) is 12.1 Å². The summed E-state index contributed by atoms with van der Waals surface area (Å²) in [4.78, 5) is 21.1. The number of hydrogen-bond acceptors (Lipinski definition) is 2. The summed E-state index contributed by atoms with van der Waals surface area (Å²) in [5.74, 6) is -2.31. The first-order valence-corrected chi connectivity index (χ1v) is 4.17. The molecule has 0 unspecified atom stereocenters. The van der Waals surface area contributed by atoms with E-state index in [9.17, 15) is 14.0 Å². The highest BCUT2D eigenvalue weighted by atomic mass is 19.1. The summed E-state index contributed by atoms with van der Waals surface area (Å²) in [5.41, 5.74) is 0.213. The molecule has 15 heavy (non-hydrogen) atoms. The van der Waals surface area contributed by atoms with Crippen LogP contribution in [0.25, 0.3) is 0 Å². The van der Waals surface area contributed by atoms with Crippen LogP contribution in [-0.2, 0) is 17.9 Å². The van der Waals surface area contributed by atoms with Crippen molar-refractivity contribution in [3.63, 3.8) is 0 Å². The van der Waals surface area contributed by atoms with Gasteiger partial charge in [-0.15, -0.1) is 0 Å². The van der Waals surface area contributed by atoms with Gasteiger partial charge in [0.2, 0.25) is 0 Å². The highest BCUT2D eigenvalue weighted by molar-refractivity contribution is 5.89. The monoisotopic (exact) mass is 212 g/mol. The van der Waals surface area contributed by atoms with Crippen molar-refractivity contribution in [3.8, 4) is 0 Å². The van der Waals surface area contributed by atoms with Crippen LogP contribution in [-0.4, -0.2) is 22.2 Å². The molecular weight excluding hydrogens is 203 g/mol. The Hall–Kier alpha value is -1.91. The van der Waals surface area contributed by atoms with E-state index in [0.29, 0.717) is 5.56 Å². The molecule has 0 aromatic heterocycles. The minimum absolute atomic E-state index is 0.0524. The largest absolute Gasteiger partial charge is 0.481 e. The van der Waals surface area contributed by atoms with Crippen molar-refractivity contribution in [3.05, 3.63) is 34.9 Å². The lowest BCUT2D eigenvalue weighted by atomic mass is 10.0. The number of carboxylic acid groups (broad SMARTS) is 2. The lowest BCUT2D eigenvalue weighted by Crippen LogP contribution is -2.05. The third-order valence-electron chi connectivity index (χ3n) is 1.90. The third-order valence-corrected chi connectivity index (χ3v) is 1.90. The molecule has 0 fully saturated rings. The van der Waals surface area contributed by atoms with Gasteiger partial charge in [0, 0.05) is 0 Å². The lowest BCUT2D eigenvalue weighted by molar-refractivity contribution is -0.136. The SMILES string of the molecule is O=C(O)Cc1ccc(CF)c(C(=O)O)c1. The van der Waals surface area contributed by atoms with Crippen molar-refractivity contribution in [2.75, 3.05) is 0 Å². The summed E-state index contributed by atoms with van der Waals surface area (Å²) in [6.07, 6.45) is -0.271. The maximum Gasteiger partial charge on any atom is 0.336 e. The molecule has 0 spiro atoms. The number of rotatable bonds is 4. The van der Waals surface area contributed by atoms with Gasteiger partial charge in [-0.25, -0.2) is 9.18 Å². The third kappa shape index (κ3) is 2.77. The molecule has 5 heteroatoms. The topological polar surface area (TPSA) is 74.6 Å². The summed E-state index contributed by atoms with van der Waals surface area (Å²) in [6, 6.07) is 3.89. The fourth-order valence-corrected chi connectivity index (χ4v) is 1.22. The van der Waals surface area contributed by atoms with Crippen molar-refractivity contribution in [2.24, 2.45) is 0 Å². The van der Waals surface area contributed by atoms with Crippen LogP contribution in [0.4, 0.5) is 4.39 Å². The first-order valence-electron chi connectivity index (χ1n) is 4.17. The molecule has 0 amide bonds. The molecule has 2 N–H and O–H groups in total. The number of aliphatic carboxylic acids is 1. The molecule has 0 atom stereocenters. The van der Waals surface area contributed by atoms with Crippen molar-refractivity contribution in [1.82, 2.24) is 0 Å². The first-order chi connectivity index (χ1) is 7.04. The molecule has 0 saturated heterocycles. The quantitative estimate of drug-likeness (QED) is 0.792. The van der Waals surface area contributed by atoms with Gasteiger partial charge in [0.15, 0.2) is 0 Å². The Kier molecular flexibility index (Phi) is 3.38. The maximum atomic E-state index is 12.4. The van der Waals surface area contributed by atoms with Crippen LogP contribution in [0.2, 0.25) is 0 Å². The minimum Gasteiger partial charge on any atom is -0.481 e. The van der Waals surface area contributed by atoms with Gasteiger partial charge < -0.3 is 10.2 Å². The predicted molar refractivity (Wildman–Crippen MR) is 49.6 cm³/mol. The van der Waals surface area contributed by atoms with E-state index in [4.69, 9.17) is 10.2 Å². The van der Waals surface area contributed by atoms with Gasteiger partial charge >= 0.3 is 11.9 Å². The molecule has 0 heterocycles. The number of aromatic carboxylic acids is 1. The molecule has 0 aliphatic carbocycles. The van der Waals surface area contributed by atoms with Crippen LogP contribution in [0, 0.1) is 0 Å². The van der Waals surface area contributed by atoms with E-state index in [1.807, 2.05) is 0 Å². The Morgan fingerprint density at radius 3 is 2.40 bits per heavy atom. The maximum absolute atomic E-state index is 12.4. The zero-order chi connectivity index (χ0) is 11.4. The molecule has 1 rings (SSSR count). The molecule has 1 aromatic rings. The molecule has 0 radical (unpaired) electrons. The van der Waals surface area contributed by atoms with E-state index in [2.05, 4.69) is 0 Å². The van der Waals surface area contributed by atoms with Gasteiger partial charge in [-0.05, 0) is 17.2 Å². The fraction of sp³-hybridized carbons (Fsp3) is 0.200. The predicted octanol–water partition coefficient (Wildman–Crippen LogP) is 1.48. The lowest BCUT2D eigenvalue weighted by Gasteiger charge is -2.04. The second kappa shape index (κ2) is 4.54. The van der Waals surface area contributed by atoms with Crippen LogP contribution in [0.3, 0.4) is 0 Å². The average Bonchev–Trinajstić information content (AvgIpc) is 2.16. The van der Waals surface area contributed by atoms with Crippen molar-refractivity contribution in [2.45, 2.75) is 13.1 Å². The van der Waals surface area contributed by atoms with Gasteiger partial charge in [0.05, 0.1) is 12.0 Å². The summed E-state index contributed by atoms with van der Waals surface area (Å²) >= 11 is 0. The normalized spacial score (nSPS) is 9.93. The summed E-state index contributed by atoms with van der Waals surface area (Å²) in [6.45, 7) is -0.880. The van der Waals surface area contributed by atoms with E-state index in [-0.39, 0.29) is 17.5 Å². The van der Waals surface area contributed by atoms with E-state index in [1.54, 1.807) is 0 Å². The van der Waals surface area contributed by atoms with Gasteiger partial charge in [-0.3, -0.25) is 4.79 Å². The van der Waals surface area contributed by atoms with E-state index in [0.717, 1.165) is 0 Å². The van der Waals surface area contributed by atoms with Gasteiger partial charge in [0.1, 0.15) is 6.67 Å². The molecule has 0 bridgehead atoms. The van der Waals surface area contributed by atoms with Crippen molar-refractivity contribution < 1.29 is 24.2 Å². The number of hydrogen-bond donors (Lipinski definition) is 2. The highest BCUT2D eigenvalue weighted by Gasteiger charge is 2.11. The van der Waals surface area contributed by atoms with E-state index in [1.165, 1.54) is 18.2 Å². The van der Waals surface area contributed by atoms with Gasteiger partial charge in [-0.2, -0.15) is 0 Å². The average molecular weight is 212 g/mol. The highest BCUT2D eigenvalue weighted by Crippen LogP contribution is 2.14. The Balaban J connectivity index is 3.10. The van der Waals surface area contributed by atoms with Crippen molar-refractivity contribution >= 4 is 11.9 Å². The van der Waals surface area contributed by atoms with Crippen LogP contribution < -0.4 is 0 Å². The second-order valence-electron chi connectivity index (χ2n) is 3.00. The van der Waals surface area contributed by atoms with E-state index < -0.39 is 18.6 Å². The van der Waals surface area contributed by atoms with E-state index >= 15 is 0 Å². The Labute approximate surface area is 85.0 Å². The zero-order valence-corrected chi connectivity index (χ0v) is 7.74. The summed E-state index contributed by atoms with van der Waals surface area (Å²) in [5, 5.41) is 17.2. The Bertz CT molecular complexity index is 400. The van der Waals surface area contributed by atoms with Crippen LogP contribution in [0.15, 0.2) is 18.2 Å². The zero-order valence-electron chi connectivity index (χ0n) is 7.74. The first kappa shape index (κ1) is 11.2. The molecule has 80 valence electrons. The Morgan fingerprint density at radius 1 is 1.27 bits per heavy atom. The van der Waals surface area contributed by atoms with Crippen LogP contribution in [0.5, 0.6) is 0 Å². The minimum atomic E-state index is -1.25. The Morgan fingerprint density at radius 2 is 1.93 bits per heavy atom. The standard InChI is InChI=1S/C10H9FO4/c11-5-7-2-1-6(4-9(12)13)3-8(7)10(14)15/h1-3H,4-5H2,(H,12,13)(H,14,15). The number of carboxylic acids is 2. The molecule has 0 aliphatic rings.